The molecule has 2 aliphatic rings. The maximum Gasteiger partial charge on any atom is 0.251 e. The number of amides is 1. The van der Waals surface area contributed by atoms with Crippen molar-refractivity contribution in [3.05, 3.63) is 112 Å². The van der Waals surface area contributed by atoms with Crippen LogP contribution in [0.4, 0.5) is 15.9 Å². The van der Waals surface area contributed by atoms with Crippen LogP contribution >= 0.6 is 0 Å². The summed E-state index contributed by atoms with van der Waals surface area (Å²) < 4.78 is 27.0. The summed E-state index contributed by atoms with van der Waals surface area (Å²) >= 11 is 0. The molecule has 3 heterocycles. The molecule has 0 atom stereocenters. The van der Waals surface area contributed by atoms with Crippen LogP contribution in [0.2, 0.25) is 0 Å². The number of piperazine rings is 1. The lowest BCUT2D eigenvalue weighted by Gasteiger charge is -2.27. The predicted octanol–water partition coefficient (Wildman–Crippen LogP) is 5.31. The number of aromatic nitrogens is 1. The molecular weight excluding hydrogens is 670 g/mol. The zero-order valence-corrected chi connectivity index (χ0v) is 31.0. The third kappa shape index (κ3) is 10.1. The number of rotatable bonds is 16. The largest absolute Gasteiger partial charge is 0.381 e. The summed E-state index contributed by atoms with van der Waals surface area (Å²) in [7, 11) is 0. The second-order valence-corrected chi connectivity index (χ2v) is 13.8. The summed E-state index contributed by atoms with van der Waals surface area (Å²) in [5.41, 5.74) is 8.33. The maximum absolute atomic E-state index is 15.1. The standard InChI is InChI=1S/C42H52FN7O3/c1-3-39-37(40(48-34-13-19-52-20-14-34)36(24-44)41(49-39)46-4-2)28-53-27-31-8-6-10-33(22-31)42(51)47-25-29-11-12-38(43)35(23-29)32-9-5-7-30(21-32)26-50-17-15-45-16-18-50/h5-12,21-24,34,44-45H,3-4,13-20,25-28H2,1-2H3,(H,47,51)(H2,46,48,49)/p+1. The Morgan fingerprint density at radius 3 is 2.60 bits per heavy atom. The molecule has 2 aliphatic heterocycles. The van der Waals surface area contributed by atoms with Crippen LogP contribution in [-0.4, -0.2) is 74.0 Å². The Kier molecular flexibility index (Phi) is 13.7. The summed E-state index contributed by atoms with van der Waals surface area (Å²) in [6, 6.07) is 20.8. The first-order valence-electron chi connectivity index (χ1n) is 18.9. The van der Waals surface area contributed by atoms with E-state index in [2.05, 4.69) is 52.1 Å². The number of nitrogens with one attached hydrogen (secondary N) is 4. The van der Waals surface area contributed by atoms with Gasteiger partial charge in [-0.3, -0.25) is 15.0 Å². The number of quaternary nitrogens is 1. The van der Waals surface area contributed by atoms with Gasteiger partial charge in [-0.25, -0.2) is 9.37 Å². The molecule has 4 aromatic rings. The van der Waals surface area contributed by atoms with E-state index >= 15 is 4.39 Å². The van der Waals surface area contributed by atoms with Gasteiger partial charge in [0.2, 0.25) is 5.82 Å². The maximum atomic E-state index is 15.1. The van der Waals surface area contributed by atoms with Crippen molar-refractivity contribution in [3.8, 4) is 11.1 Å². The zero-order valence-electron chi connectivity index (χ0n) is 31.0. The van der Waals surface area contributed by atoms with Crippen molar-refractivity contribution in [2.75, 3.05) is 51.3 Å². The minimum Gasteiger partial charge on any atom is -0.381 e. The lowest BCUT2D eigenvalue weighted by Crippen LogP contribution is -2.78. The van der Waals surface area contributed by atoms with Gasteiger partial charge in [0.05, 0.1) is 36.7 Å². The molecule has 0 aliphatic carbocycles. The summed E-state index contributed by atoms with van der Waals surface area (Å²) in [5.74, 6) is 0.322. The molecular formula is C42H53FN7O3+. The van der Waals surface area contributed by atoms with Crippen LogP contribution in [0.5, 0.6) is 0 Å². The molecule has 280 valence electrons. The number of pyridine rings is 1. The van der Waals surface area contributed by atoms with Gasteiger partial charge in [0.25, 0.3) is 5.91 Å². The van der Waals surface area contributed by atoms with Crippen LogP contribution in [0.1, 0.15) is 70.6 Å². The first-order chi connectivity index (χ1) is 25.9. The SMILES string of the molecule is CC[NH2+]c1nc(CC)c(COCc2cccc(C(=O)NCc3ccc(F)c(-c4cccc(CN5CCNCC5)c4)c3)c2)c(NC2CCOCC2)c1C=N. The predicted molar refractivity (Wildman–Crippen MR) is 207 cm³/mol. The third-order valence-electron chi connectivity index (χ3n) is 9.94. The van der Waals surface area contributed by atoms with Crippen LogP contribution in [0.15, 0.2) is 66.7 Å². The van der Waals surface area contributed by atoms with E-state index in [0.29, 0.717) is 37.6 Å². The van der Waals surface area contributed by atoms with E-state index in [9.17, 15) is 4.79 Å². The number of benzene rings is 3. The van der Waals surface area contributed by atoms with Gasteiger partial charge in [0.1, 0.15) is 5.82 Å². The van der Waals surface area contributed by atoms with Gasteiger partial charge in [-0.2, -0.15) is 0 Å². The van der Waals surface area contributed by atoms with Crippen LogP contribution in [0, 0.1) is 11.2 Å². The molecule has 0 bridgehead atoms. The van der Waals surface area contributed by atoms with Gasteiger partial charge in [0, 0.05) is 81.4 Å². The van der Waals surface area contributed by atoms with Gasteiger partial charge >= 0.3 is 0 Å². The molecule has 6 N–H and O–H groups in total. The summed E-state index contributed by atoms with van der Waals surface area (Å²) in [5, 5.41) is 20.5. The van der Waals surface area contributed by atoms with Crippen molar-refractivity contribution in [2.45, 2.75) is 65.5 Å². The molecule has 0 saturated carbocycles. The molecule has 3 aromatic carbocycles. The summed E-state index contributed by atoms with van der Waals surface area (Å²) in [6.45, 7) is 12.1. The average Bonchev–Trinajstić information content (AvgIpc) is 3.19. The minimum atomic E-state index is -0.287. The highest BCUT2D eigenvalue weighted by atomic mass is 19.1. The molecule has 6 rings (SSSR count). The molecule has 0 unspecified atom stereocenters. The van der Waals surface area contributed by atoms with Crippen LogP contribution in [0.3, 0.4) is 0 Å². The monoisotopic (exact) mass is 722 g/mol. The number of halogens is 1. The number of nitrogens with zero attached hydrogens (tertiary/aromatic N) is 2. The van der Waals surface area contributed by atoms with Crippen molar-refractivity contribution >= 4 is 23.6 Å². The minimum absolute atomic E-state index is 0.213. The number of carbonyl (C=O) groups is 1. The summed E-state index contributed by atoms with van der Waals surface area (Å²) in [4.78, 5) is 20.7. The third-order valence-corrected chi connectivity index (χ3v) is 9.94. The lowest BCUT2D eigenvalue weighted by atomic mass is 10.00. The molecule has 0 radical (unpaired) electrons. The van der Waals surface area contributed by atoms with Gasteiger partial charge in [-0.15, -0.1) is 0 Å². The summed E-state index contributed by atoms with van der Waals surface area (Å²) in [6.07, 6.45) is 3.92. The Morgan fingerprint density at radius 2 is 1.83 bits per heavy atom. The first-order valence-corrected chi connectivity index (χ1v) is 18.9. The number of aryl methyl sites for hydroxylation is 1. The van der Waals surface area contributed by atoms with E-state index in [1.54, 1.807) is 12.1 Å². The molecule has 0 spiro atoms. The molecule has 1 amide bonds. The quantitative estimate of drug-likeness (QED) is 0.0994. The van der Waals surface area contributed by atoms with E-state index in [-0.39, 0.29) is 24.3 Å². The molecule has 11 heteroatoms. The molecule has 2 saturated heterocycles. The van der Waals surface area contributed by atoms with Crippen molar-refractivity contribution in [3.63, 3.8) is 0 Å². The van der Waals surface area contributed by atoms with Crippen molar-refractivity contribution in [1.29, 1.82) is 5.41 Å². The Balaban J connectivity index is 1.10. The molecule has 53 heavy (non-hydrogen) atoms. The van der Waals surface area contributed by atoms with Gasteiger partial charge in [-0.1, -0.05) is 43.3 Å². The number of anilines is 1. The Morgan fingerprint density at radius 1 is 1.04 bits per heavy atom. The van der Waals surface area contributed by atoms with Crippen molar-refractivity contribution in [1.82, 2.24) is 20.5 Å². The fraction of sp³-hybridized carbons (Fsp3) is 0.405. The normalized spacial score (nSPS) is 15.3. The Hall–Kier alpha value is -4.52. The van der Waals surface area contributed by atoms with Gasteiger partial charge in [-0.05, 0) is 78.8 Å². The van der Waals surface area contributed by atoms with Crippen molar-refractivity contribution < 1.29 is 24.0 Å². The number of carbonyl (C=O) groups excluding carboxylic acids is 1. The highest BCUT2D eigenvalue weighted by Gasteiger charge is 2.24. The first kappa shape index (κ1) is 38.2. The number of ether oxygens (including phenoxy) is 2. The Labute approximate surface area is 312 Å². The highest BCUT2D eigenvalue weighted by molar-refractivity contribution is 5.94. The van der Waals surface area contributed by atoms with E-state index in [1.165, 1.54) is 12.3 Å². The van der Waals surface area contributed by atoms with E-state index in [1.807, 2.05) is 36.4 Å². The fourth-order valence-corrected chi connectivity index (χ4v) is 7.09. The second-order valence-electron chi connectivity index (χ2n) is 13.8. The molecule has 1 aromatic heterocycles. The number of hydrogen-bond acceptors (Lipinski definition) is 8. The highest BCUT2D eigenvalue weighted by Crippen LogP contribution is 2.30. The number of nitrogens with two attached hydrogens (primary N) is 1. The smallest absolute Gasteiger partial charge is 0.251 e. The molecule has 2 fully saturated rings. The van der Waals surface area contributed by atoms with Crippen molar-refractivity contribution in [2.24, 2.45) is 0 Å². The van der Waals surface area contributed by atoms with E-state index in [0.717, 1.165) is 109 Å². The van der Waals surface area contributed by atoms with Gasteiger partial charge < -0.3 is 30.8 Å². The van der Waals surface area contributed by atoms with Crippen LogP contribution in [0.25, 0.3) is 11.1 Å². The fourth-order valence-electron chi connectivity index (χ4n) is 7.09. The van der Waals surface area contributed by atoms with E-state index < -0.39 is 0 Å². The lowest BCUT2D eigenvalue weighted by molar-refractivity contribution is -0.571. The average molecular weight is 723 g/mol. The van der Waals surface area contributed by atoms with Crippen LogP contribution < -0.4 is 21.3 Å². The topological polar surface area (TPSA) is 128 Å². The zero-order chi connectivity index (χ0) is 37.0. The number of hydrogen-bond donors (Lipinski definition) is 5. The van der Waals surface area contributed by atoms with E-state index in [4.69, 9.17) is 19.9 Å². The molecule has 10 nitrogen and oxygen atoms in total. The van der Waals surface area contributed by atoms with Gasteiger partial charge in [0.15, 0.2) is 0 Å². The Bertz CT molecular complexity index is 1860. The van der Waals surface area contributed by atoms with Crippen LogP contribution in [-0.2, 0) is 42.2 Å². The second kappa shape index (κ2) is 19.0.